The molecule has 1 fully saturated rings. The molecule has 0 spiro atoms. The summed E-state index contributed by atoms with van der Waals surface area (Å²) >= 11 is 3.54. The average molecular weight is 328 g/mol. The number of rotatable bonds is 2. The fourth-order valence-electron chi connectivity index (χ4n) is 2.53. The van der Waals surface area contributed by atoms with E-state index in [1.807, 2.05) is 12.1 Å². The van der Waals surface area contributed by atoms with E-state index in [4.69, 9.17) is 14.6 Å². The van der Waals surface area contributed by atoms with Gasteiger partial charge in [0.05, 0.1) is 10.4 Å². The molecule has 2 atom stereocenters. The maximum Gasteiger partial charge on any atom is 0.307 e. The molecule has 2 aliphatic rings. The summed E-state index contributed by atoms with van der Waals surface area (Å²) in [5.74, 6) is 0.368. The Labute approximate surface area is 119 Å². The minimum absolute atomic E-state index is 0.0336. The lowest BCUT2D eigenvalue weighted by atomic mass is 10.00. The van der Waals surface area contributed by atoms with Crippen molar-refractivity contribution in [3.63, 3.8) is 0 Å². The lowest BCUT2D eigenvalue weighted by molar-refractivity contribution is -0.141. The van der Waals surface area contributed by atoms with Gasteiger partial charge >= 0.3 is 5.97 Å². The highest BCUT2D eigenvalue weighted by Crippen LogP contribution is 2.43. The van der Waals surface area contributed by atoms with Crippen molar-refractivity contribution in [1.82, 2.24) is 5.32 Å². The van der Waals surface area contributed by atoms with Crippen molar-refractivity contribution in [2.75, 3.05) is 19.8 Å². The molecule has 5 nitrogen and oxygen atoms in total. The second-order valence-electron chi connectivity index (χ2n) is 4.72. The number of aliphatic carboxylic acids is 1. The van der Waals surface area contributed by atoms with E-state index >= 15 is 0 Å². The van der Waals surface area contributed by atoms with E-state index in [-0.39, 0.29) is 12.0 Å². The summed E-state index contributed by atoms with van der Waals surface area (Å²) in [5.41, 5.74) is 1.02. The monoisotopic (exact) mass is 327 g/mol. The zero-order chi connectivity index (χ0) is 13.4. The van der Waals surface area contributed by atoms with Crippen LogP contribution >= 0.6 is 15.9 Å². The van der Waals surface area contributed by atoms with Crippen molar-refractivity contribution in [2.45, 2.75) is 12.5 Å². The highest BCUT2D eigenvalue weighted by atomic mass is 79.9. The third-order valence-electron chi connectivity index (χ3n) is 3.53. The maximum absolute atomic E-state index is 11.0. The summed E-state index contributed by atoms with van der Waals surface area (Å²) in [7, 11) is 0. The Morgan fingerprint density at radius 3 is 2.89 bits per heavy atom. The van der Waals surface area contributed by atoms with Crippen LogP contribution in [0.25, 0.3) is 0 Å². The van der Waals surface area contributed by atoms with Gasteiger partial charge in [0.2, 0.25) is 0 Å². The third kappa shape index (κ3) is 2.30. The molecule has 0 aromatic heterocycles. The summed E-state index contributed by atoms with van der Waals surface area (Å²) in [6, 6.07) is 3.87. The quantitative estimate of drug-likeness (QED) is 0.869. The Morgan fingerprint density at radius 2 is 2.16 bits per heavy atom. The zero-order valence-corrected chi connectivity index (χ0v) is 11.8. The van der Waals surface area contributed by atoms with Crippen molar-refractivity contribution in [3.05, 3.63) is 22.2 Å². The van der Waals surface area contributed by atoms with E-state index in [9.17, 15) is 4.79 Å². The molecule has 2 heterocycles. The summed E-state index contributed by atoms with van der Waals surface area (Å²) in [5, 5.41) is 12.3. The number of carboxylic acid groups (broad SMARTS) is 1. The molecule has 1 saturated heterocycles. The Bertz CT molecular complexity index is 520. The first-order valence-corrected chi connectivity index (χ1v) is 7.00. The normalized spacial score (nSPS) is 25.3. The van der Waals surface area contributed by atoms with Crippen molar-refractivity contribution < 1.29 is 19.4 Å². The van der Waals surface area contributed by atoms with Gasteiger partial charge in [-0.2, -0.15) is 0 Å². The van der Waals surface area contributed by atoms with Gasteiger partial charge in [0, 0.05) is 12.6 Å². The van der Waals surface area contributed by atoms with Crippen LogP contribution in [0, 0.1) is 5.92 Å². The van der Waals surface area contributed by atoms with Crippen LogP contribution in [0.3, 0.4) is 0 Å². The second kappa shape index (κ2) is 5.02. The molecule has 0 aliphatic carbocycles. The number of carboxylic acids is 1. The van der Waals surface area contributed by atoms with E-state index in [0.29, 0.717) is 31.9 Å². The van der Waals surface area contributed by atoms with E-state index in [2.05, 4.69) is 21.2 Å². The van der Waals surface area contributed by atoms with Gasteiger partial charge in [0.25, 0.3) is 0 Å². The SMILES string of the molecule is O=C(O)C1CNC(c2ccc3c(c2Br)OCCO3)C1. The molecule has 102 valence electrons. The van der Waals surface area contributed by atoms with Gasteiger partial charge < -0.3 is 19.9 Å². The zero-order valence-electron chi connectivity index (χ0n) is 10.2. The van der Waals surface area contributed by atoms with Crippen LogP contribution in [0.1, 0.15) is 18.0 Å². The van der Waals surface area contributed by atoms with E-state index in [0.717, 1.165) is 15.8 Å². The minimum Gasteiger partial charge on any atom is -0.486 e. The number of hydrogen-bond acceptors (Lipinski definition) is 4. The molecule has 19 heavy (non-hydrogen) atoms. The lowest BCUT2D eigenvalue weighted by Crippen LogP contribution is -2.19. The first-order chi connectivity index (χ1) is 9.16. The Morgan fingerprint density at radius 1 is 1.37 bits per heavy atom. The highest BCUT2D eigenvalue weighted by Gasteiger charge is 2.32. The van der Waals surface area contributed by atoms with E-state index in [1.54, 1.807) is 0 Å². The van der Waals surface area contributed by atoms with Crippen LogP contribution in [-0.4, -0.2) is 30.8 Å². The molecule has 2 N–H and O–H groups in total. The predicted octanol–water partition coefficient (Wildman–Crippen LogP) is 1.96. The molecule has 0 radical (unpaired) electrons. The number of benzene rings is 1. The number of hydrogen-bond donors (Lipinski definition) is 2. The minimum atomic E-state index is -0.747. The average Bonchev–Trinajstić information content (AvgIpc) is 2.89. The Balaban J connectivity index is 1.88. The smallest absolute Gasteiger partial charge is 0.307 e. The summed E-state index contributed by atoms with van der Waals surface area (Å²) in [6.07, 6.45) is 0.591. The maximum atomic E-state index is 11.0. The fourth-order valence-corrected chi connectivity index (χ4v) is 3.25. The molecule has 1 aromatic rings. The summed E-state index contributed by atoms with van der Waals surface area (Å²) < 4.78 is 12.0. The van der Waals surface area contributed by atoms with Gasteiger partial charge in [0.1, 0.15) is 13.2 Å². The topological polar surface area (TPSA) is 67.8 Å². The van der Waals surface area contributed by atoms with Crippen LogP contribution in [0.2, 0.25) is 0 Å². The molecule has 0 bridgehead atoms. The van der Waals surface area contributed by atoms with Crippen molar-refractivity contribution >= 4 is 21.9 Å². The molecule has 0 amide bonds. The number of ether oxygens (including phenoxy) is 2. The standard InChI is InChI=1S/C13H14BrNO4/c14-11-8(9-5-7(6-15-9)13(16)17)1-2-10-12(11)19-4-3-18-10/h1-2,7,9,15H,3-6H2,(H,16,17). The molecular formula is C13H14BrNO4. The van der Waals surface area contributed by atoms with Crippen LogP contribution in [0.4, 0.5) is 0 Å². The van der Waals surface area contributed by atoms with Crippen molar-refractivity contribution in [2.24, 2.45) is 5.92 Å². The molecule has 2 aliphatic heterocycles. The van der Waals surface area contributed by atoms with Crippen molar-refractivity contribution in [3.8, 4) is 11.5 Å². The molecule has 1 aromatic carbocycles. The lowest BCUT2D eigenvalue weighted by Gasteiger charge is -2.22. The third-order valence-corrected chi connectivity index (χ3v) is 4.35. The molecule has 3 rings (SSSR count). The molecular weight excluding hydrogens is 314 g/mol. The Hall–Kier alpha value is -1.27. The van der Waals surface area contributed by atoms with Crippen LogP contribution in [-0.2, 0) is 4.79 Å². The first kappa shape index (κ1) is 12.7. The fraction of sp³-hybridized carbons (Fsp3) is 0.462. The number of fused-ring (bicyclic) bond motifs is 1. The highest BCUT2D eigenvalue weighted by molar-refractivity contribution is 9.10. The number of halogens is 1. The van der Waals surface area contributed by atoms with Crippen LogP contribution in [0.5, 0.6) is 11.5 Å². The largest absolute Gasteiger partial charge is 0.486 e. The van der Waals surface area contributed by atoms with Crippen molar-refractivity contribution in [1.29, 1.82) is 0 Å². The molecule has 2 unspecified atom stereocenters. The summed E-state index contributed by atoms with van der Waals surface area (Å²) in [6.45, 7) is 1.59. The van der Waals surface area contributed by atoms with Gasteiger partial charge in [-0.1, -0.05) is 6.07 Å². The predicted molar refractivity (Wildman–Crippen MR) is 71.6 cm³/mol. The Kier molecular flexibility index (Phi) is 3.36. The van der Waals surface area contributed by atoms with Gasteiger partial charge in [-0.3, -0.25) is 4.79 Å². The second-order valence-corrected chi connectivity index (χ2v) is 5.52. The van der Waals surface area contributed by atoms with Gasteiger partial charge in [-0.25, -0.2) is 0 Å². The van der Waals surface area contributed by atoms with Crippen LogP contribution < -0.4 is 14.8 Å². The molecule has 0 saturated carbocycles. The molecule has 6 heteroatoms. The van der Waals surface area contributed by atoms with Gasteiger partial charge in [0.15, 0.2) is 11.5 Å². The van der Waals surface area contributed by atoms with E-state index in [1.165, 1.54) is 0 Å². The summed E-state index contributed by atoms with van der Waals surface area (Å²) in [4.78, 5) is 11.0. The number of nitrogens with one attached hydrogen (secondary N) is 1. The van der Waals surface area contributed by atoms with Crippen LogP contribution in [0.15, 0.2) is 16.6 Å². The first-order valence-electron chi connectivity index (χ1n) is 6.21. The van der Waals surface area contributed by atoms with Gasteiger partial charge in [-0.15, -0.1) is 0 Å². The number of carbonyl (C=O) groups is 1. The van der Waals surface area contributed by atoms with Gasteiger partial charge in [-0.05, 0) is 34.0 Å². The van der Waals surface area contributed by atoms with E-state index < -0.39 is 5.97 Å².